The van der Waals surface area contributed by atoms with Crippen LogP contribution in [0.25, 0.3) is 10.1 Å². The number of benzene rings is 2. The van der Waals surface area contributed by atoms with Gasteiger partial charge in [0.2, 0.25) is 0 Å². The zero-order chi connectivity index (χ0) is 22.0. The van der Waals surface area contributed by atoms with E-state index in [9.17, 15) is 14.7 Å². The third-order valence-electron chi connectivity index (χ3n) is 5.47. The summed E-state index contributed by atoms with van der Waals surface area (Å²) >= 11 is 13.2. The number of hydrogen-bond acceptors (Lipinski definition) is 5. The highest BCUT2D eigenvalue weighted by atomic mass is 35.5. The number of fused-ring (bicyclic) bond motifs is 1. The van der Waals surface area contributed by atoms with E-state index in [1.165, 1.54) is 11.3 Å². The lowest BCUT2D eigenvalue weighted by Gasteiger charge is -2.28. The van der Waals surface area contributed by atoms with E-state index in [1.807, 2.05) is 6.07 Å². The van der Waals surface area contributed by atoms with Gasteiger partial charge >= 0.3 is 0 Å². The number of nitrogens with zero attached hydrogens (tertiary/aromatic N) is 1. The van der Waals surface area contributed by atoms with E-state index in [-0.39, 0.29) is 0 Å². The van der Waals surface area contributed by atoms with Crippen LogP contribution in [0.5, 0.6) is 0 Å². The van der Waals surface area contributed by atoms with Crippen LogP contribution in [0.1, 0.15) is 34.2 Å². The quantitative estimate of drug-likeness (QED) is 0.382. The SMILES string of the molecule is O=C(N[C@H](CN1CCCC1)[C@H](O)c1ccc(Cl)cc1)C(=O)c1cc2ccc(Cl)cc2s1. The number of amides is 1. The van der Waals surface area contributed by atoms with Crippen LogP contribution in [0.4, 0.5) is 0 Å². The summed E-state index contributed by atoms with van der Waals surface area (Å²) in [7, 11) is 0. The smallest absolute Gasteiger partial charge is 0.293 e. The highest BCUT2D eigenvalue weighted by Crippen LogP contribution is 2.29. The number of carbonyl (C=O) groups excluding carboxylic acids is 2. The molecule has 0 bridgehead atoms. The number of Topliss-reactive ketones (excluding diaryl/α,β-unsaturated/α-hetero) is 1. The number of carbonyl (C=O) groups is 2. The van der Waals surface area contributed by atoms with Gasteiger partial charge in [0.25, 0.3) is 11.7 Å². The van der Waals surface area contributed by atoms with Gasteiger partial charge in [-0.15, -0.1) is 11.3 Å². The molecule has 4 rings (SSSR count). The number of ketones is 1. The second-order valence-corrected chi connectivity index (χ2v) is 9.66. The number of hydrogen-bond donors (Lipinski definition) is 2. The third-order valence-corrected chi connectivity index (χ3v) is 7.06. The van der Waals surface area contributed by atoms with Gasteiger partial charge < -0.3 is 15.3 Å². The molecule has 0 radical (unpaired) electrons. The molecule has 1 aliphatic heterocycles. The first-order chi connectivity index (χ1) is 14.9. The Balaban J connectivity index is 1.53. The lowest BCUT2D eigenvalue weighted by Crippen LogP contribution is -2.48. The molecule has 162 valence electrons. The van der Waals surface area contributed by atoms with Crippen LogP contribution >= 0.6 is 34.5 Å². The molecule has 2 aromatic carbocycles. The van der Waals surface area contributed by atoms with Gasteiger partial charge in [-0.25, -0.2) is 0 Å². The predicted octanol–water partition coefficient (Wildman–Crippen LogP) is 4.71. The average molecular weight is 477 g/mol. The molecule has 5 nitrogen and oxygen atoms in total. The number of likely N-dealkylation sites (tertiary alicyclic amines) is 1. The zero-order valence-corrected chi connectivity index (χ0v) is 19.0. The lowest BCUT2D eigenvalue weighted by atomic mass is 10.0. The number of rotatable bonds is 7. The Labute approximate surface area is 194 Å². The third kappa shape index (κ3) is 5.27. The molecule has 2 atom stereocenters. The fourth-order valence-corrected chi connectivity index (χ4v) is 5.22. The van der Waals surface area contributed by atoms with E-state index in [0.717, 1.165) is 36.0 Å². The van der Waals surface area contributed by atoms with Gasteiger partial charge in [-0.3, -0.25) is 9.59 Å². The first kappa shape index (κ1) is 22.2. The summed E-state index contributed by atoms with van der Waals surface area (Å²) in [6.45, 7) is 2.28. The lowest BCUT2D eigenvalue weighted by molar-refractivity contribution is -0.118. The van der Waals surface area contributed by atoms with E-state index < -0.39 is 23.8 Å². The molecule has 1 fully saturated rings. The van der Waals surface area contributed by atoms with Crippen molar-refractivity contribution in [3.8, 4) is 0 Å². The summed E-state index contributed by atoms with van der Waals surface area (Å²) in [5.41, 5.74) is 0.637. The van der Waals surface area contributed by atoms with Crippen LogP contribution in [-0.2, 0) is 4.79 Å². The van der Waals surface area contributed by atoms with Crippen LogP contribution in [0.15, 0.2) is 48.5 Å². The van der Waals surface area contributed by atoms with Crippen LogP contribution in [0.2, 0.25) is 10.0 Å². The molecular formula is C23H22Cl2N2O3S. The molecule has 1 aromatic heterocycles. The summed E-state index contributed by atoms with van der Waals surface area (Å²) in [6.07, 6.45) is 1.21. The van der Waals surface area contributed by atoms with Gasteiger partial charge in [0.05, 0.1) is 10.9 Å². The summed E-state index contributed by atoms with van der Waals surface area (Å²) in [6, 6.07) is 13.3. The van der Waals surface area contributed by atoms with Crippen molar-refractivity contribution in [2.45, 2.75) is 25.0 Å². The maximum absolute atomic E-state index is 12.8. The number of halogens is 2. The average Bonchev–Trinajstić information content (AvgIpc) is 3.42. The van der Waals surface area contributed by atoms with Gasteiger partial charge in [0.15, 0.2) is 0 Å². The molecule has 2 N–H and O–H groups in total. The molecule has 0 unspecified atom stereocenters. The Morgan fingerprint density at radius 2 is 1.71 bits per heavy atom. The van der Waals surface area contributed by atoms with Crippen LogP contribution in [0.3, 0.4) is 0 Å². The minimum Gasteiger partial charge on any atom is -0.386 e. The Bertz CT molecular complexity index is 1090. The summed E-state index contributed by atoms with van der Waals surface area (Å²) in [5.74, 6) is -1.35. The maximum atomic E-state index is 12.8. The summed E-state index contributed by atoms with van der Waals surface area (Å²) in [4.78, 5) is 28.2. The molecule has 1 aliphatic rings. The molecule has 8 heteroatoms. The van der Waals surface area contributed by atoms with E-state index in [2.05, 4.69) is 10.2 Å². The van der Waals surface area contributed by atoms with Gasteiger partial charge in [0, 0.05) is 21.3 Å². The predicted molar refractivity (Wildman–Crippen MR) is 125 cm³/mol. The number of aliphatic hydroxyl groups excluding tert-OH is 1. The normalized spacial score (nSPS) is 16.4. The second-order valence-electron chi connectivity index (χ2n) is 7.71. The second kappa shape index (κ2) is 9.67. The highest BCUT2D eigenvalue weighted by Gasteiger charge is 2.29. The number of thiophene rings is 1. The largest absolute Gasteiger partial charge is 0.386 e. The van der Waals surface area contributed by atoms with Crippen LogP contribution in [0, 0.1) is 0 Å². The first-order valence-electron chi connectivity index (χ1n) is 10.1. The first-order valence-corrected chi connectivity index (χ1v) is 11.7. The standard InChI is InChI=1S/C23H22Cl2N2O3S/c24-16-6-3-14(4-7-16)21(28)18(13-27-9-1-2-10-27)26-23(30)22(29)20-11-15-5-8-17(25)12-19(15)31-20/h3-8,11-12,18,21,28H,1-2,9-10,13H2,(H,26,30)/t18-,21-/m1/s1. The van der Waals surface area contributed by atoms with Crippen molar-refractivity contribution in [2.75, 3.05) is 19.6 Å². The van der Waals surface area contributed by atoms with E-state index in [4.69, 9.17) is 23.2 Å². The van der Waals surface area contributed by atoms with Crippen molar-refractivity contribution in [1.29, 1.82) is 0 Å². The zero-order valence-electron chi connectivity index (χ0n) is 16.7. The molecule has 31 heavy (non-hydrogen) atoms. The fraction of sp³-hybridized carbons (Fsp3) is 0.304. The van der Waals surface area contributed by atoms with Crippen molar-refractivity contribution in [1.82, 2.24) is 10.2 Å². The Morgan fingerprint density at radius 1 is 1.03 bits per heavy atom. The molecule has 3 aromatic rings. The summed E-state index contributed by atoms with van der Waals surface area (Å²) in [5, 5.41) is 15.8. The topological polar surface area (TPSA) is 69.6 Å². The monoisotopic (exact) mass is 476 g/mol. The number of nitrogens with one attached hydrogen (secondary N) is 1. The van der Waals surface area contributed by atoms with Crippen LogP contribution < -0.4 is 5.32 Å². The van der Waals surface area contributed by atoms with Crippen molar-refractivity contribution in [3.63, 3.8) is 0 Å². The van der Waals surface area contributed by atoms with E-state index in [0.29, 0.717) is 27.0 Å². The molecule has 0 saturated carbocycles. The molecule has 2 heterocycles. The van der Waals surface area contributed by atoms with E-state index >= 15 is 0 Å². The Morgan fingerprint density at radius 3 is 2.42 bits per heavy atom. The molecule has 1 amide bonds. The van der Waals surface area contributed by atoms with Gasteiger partial charge in [-0.05, 0) is 67.2 Å². The highest BCUT2D eigenvalue weighted by molar-refractivity contribution is 7.21. The van der Waals surface area contributed by atoms with Crippen molar-refractivity contribution in [3.05, 3.63) is 69.0 Å². The molecule has 1 saturated heterocycles. The van der Waals surface area contributed by atoms with Gasteiger partial charge in [-0.1, -0.05) is 41.4 Å². The van der Waals surface area contributed by atoms with Crippen molar-refractivity contribution >= 4 is 56.3 Å². The fourth-order valence-electron chi connectivity index (χ4n) is 3.82. The van der Waals surface area contributed by atoms with E-state index in [1.54, 1.807) is 42.5 Å². The molecule has 0 aliphatic carbocycles. The Kier molecular flexibility index (Phi) is 6.94. The maximum Gasteiger partial charge on any atom is 0.293 e. The van der Waals surface area contributed by atoms with Gasteiger partial charge in [-0.2, -0.15) is 0 Å². The molecule has 0 spiro atoms. The van der Waals surface area contributed by atoms with Crippen molar-refractivity contribution < 1.29 is 14.7 Å². The van der Waals surface area contributed by atoms with Gasteiger partial charge in [0.1, 0.15) is 6.10 Å². The summed E-state index contributed by atoms with van der Waals surface area (Å²) < 4.78 is 0.846. The minimum absolute atomic E-state index is 0.343. The minimum atomic E-state index is -0.962. The van der Waals surface area contributed by atoms with Crippen molar-refractivity contribution in [2.24, 2.45) is 0 Å². The Hall–Kier alpha value is -1.96. The molecular weight excluding hydrogens is 455 g/mol. The van der Waals surface area contributed by atoms with Crippen LogP contribution in [-0.4, -0.2) is 47.4 Å². The number of aliphatic hydroxyl groups is 1.